The number of nitrogens with two attached hydrogens (primary N) is 2. The van der Waals surface area contributed by atoms with E-state index >= 15 is 0 Å². The fraction of sp³-hybridized carbons (Fsp3) is 0.900. The summed E-state index contributed by atoms with van der Waals surface area (Å²) in [5, 5.41) is 0. The fourth-order valence-electron chi connectivity index (χ4n) is 4.37. The predicted octanol–water partition coefficient (Wildman–Crippen LogP) is 2.08. The number of carbonyl (C=O) groups excluding carboxylic acids is 2. The molecule has 0 aromatic heterocycles. The van der Waals surface area contributed by atoms with E-state index in [0.717, 1.165) is 6.54 Å². The topological polar surface area (TPSA) is 102 Å². The molecule has 27 heavy (non-hydrogen) atoms. The zero-order valence-electron chi connectivity index (χ0n) is 17.5. The van der Waals surface area contributed by atoms with Gasteiger partial charge in [-0.2, -0.15) is 0 Å². The van der Waals surface area contributed by atoms with Gasteiger partial charge in [0, 0.05) is 32.7 Å². The Morgan fingerprint density at radius 2 is 1.74 bits per heavy atom. The molecular weight excluding hydrogens is 344 g/mol. The van der Waals surface area contributed by atoms with Crippen LogP contribution >= 0.6 is 0 Å². The Hall–Kier alpha value is -1.34. The van der Waals surface area contributed by atoms with Crippen molar-refractivity contribution in [1.29, 1.82) is 0 Å². The normalized spacial score (nSPS) is 22.9. The van der Waals surface area contributed by atoms with Crippen molar-refractivity contribution in [2.45, 2.75) is 82.9 Å². The fourth-order valence-corrected chi connectivity index (χ4v) is 4.37. The maximum atomic E-state index is 12.5. The molecule has 2 fully saturated rings. The van der Waals surface area contributed by atoms with Gasteiger partial charge in [0.15, 0.2) is 0 Å². The molecule has 156 valence electrons. The van der Waals surface area contributed by atoms with Crippen molar-refractivity contribution in [3.63, 3.8) is 0 Å². The third-order valence-corrected chi connectivity index (χ3v) is 6.18. The summed E-state index contributed by atoms with van der Waals surface area (Å²) in [4.78, 5) is 28.5. The molecule has 2 amide bonds. The Labute approximate surface area is 163 Å². The van der Waals surface area contributed by atoms with Crippen molar-refractivity contribution in [2.75, 3.05) is 26.7 Å². The van der Waals surface area contributed by atoms with Crippen LogP contribution < -0.4 is 11.5 Å². The monoisotopic (exact) mass is 382 g/mol. The number of nitrogens with zero attached hydrogens (tertiary/aromatic N) is 2. The zero-order valence-corrected chi connectivity index (χ0v) is 17.5. The van der Waals surface area contributed by atoms with Gasteiger partial charge >= 0.3 is 6.09 Å². The standard InChI is InChI=1S/C20H38N4O3/c1-19(2,3)27-18(26)23(4)20(17(22)25)10-12-24(13-11-20)14-16(21)15-8-6-5-7-9-15/h15-16H,5-14,21H2,1-4H3,(H2,22,25). The van der Waals surface area contributed by atoms with E-state index in [1.165, 1.54) is 37.0 Å². The average Bonchev–Trinajstić information content (AvgIpc) is 2.61. The van der Waals surface area contributed by atoms with Gasteiger partial charge in [0.25, 0.3) is 0 Å². The van der Waals surface area contributed by atoms with Gasteiger partial charge in [-0.1, -0.05) is 19.3 Å². The SMILES string of the molecule is CN(C(=O)OC(C)(C)C)C1(C(N)=O)CCN(CC(N)C2CCCCC2)CC1. The highest BCUT2D eigenvalue weighted by atomic mass is 16.6. The summed E-state index contributed by atoms with van der Waals surface area (Å²) in [6.45, 7) is 7.68. The van der Waals surface area contributed by atoms with E-state index in [2.05, 4.69) is 4.90 Å². The lowest BCUT2D eigenvalue weighted by molar-refractivity contribution is -0.132. The van der Waals surface area contributed by atoms with Crippen LogP contribution in [0.1, 0.15) is 65.7 Å². The van der Waals surface area contributed by atoms with Crippen molar-refractivity contribution in [3.05, 3.63) is 0 Å². The van der Waals surface area contributed by atoms with Crippen LogP contribution in [0.25, 0.3) is 0 Å². The third kappa shape index (κ3) is 5.57. The minimum atomic E-state index is -0.992. The van der Waals surface area contributed by atoms with E-state index in [-0.39, 0.29) is 6.04 Å². The molecule has 4 N–H and O–H groups in total. The quantitative estimate of drug-likeness (QED) is 0.758. The molecule has 2 rings (SSSR count). The number of ether oxygens (including phenoxy) is 1. The minimum absolute atomic E-state index is 0.176. The molecule has 1 saturated carbocycles. The summed E-state index contributed by atoms with van der Waals surface area (Å²) in [5.41, 5.74) is 10.6. The number of likely N-dealkylation sites (tertiary alicyclic amines) is 1. The minimum Gasteiger partial charge on any atom is -0.444 e. The van der Waals surface area contributed by atoms with Gasteiger partial charge in [0.2, 0.25) is 5.91 Å². The van der Waals surface area contributed by atoms with Gasteiger partial charge in [0.05, 0.1) is 0 Å². The van der Waals surface area contributed by atoms with E-state index in [9.17, 15) is 9.59 Å². The highest BCUT2D eigenvalue weighted by molar-refractivity contribution is 5.88. The van der Waals surface area contributed by atoms with Crippen molar-refractivity contribution >= 4 is 12.0 Å². The first kappa shape index (κ1) is 22.0. The third-order valence-electron chi connectivity index (χ3n) is 6.18. The molecule has 1 unspecified atom stereocenters. The lowest BCUT2D eigenvalue weighted by Crippen LogP contribution is -2.63. The van der Waals surface area contributed by atoms with Crippen LogP contribution in [0.2, 0.25) is 0 Å². The molecule has 1 atom stereocenters. The number of likely N-dealkylation sites (N-methyl/N-ethyl adjacent to an activating group) is 1. The Morgan fingerprint density at radius 3 is 2.22 bits per heavy atom. The van der Waals surface area contributed by atoms with E-state index in [4.69, 9.17) is 16.2 Å². The van der Waals surface area contributed by atoms with Crippen LogP contribution in [0.15, 0.2) is 0 Å². The number of primary amides is 1. The molecule has 2 aliphatic rings. The number of hydrogen-bond donors (Lipinski definition) is 2. The van der Waals surface area contributed by atoms with Crippen molar-refractivity contribution in [2.24, 2.45) is 17.4 Å². The van der Waals surface area contributed by atoms with Gasteiger partial charge in [0.1, 0.15) is 11.1 Å². The first-order valence-corrected chi connectivity index (χ1v) is 10.3. The predicted molar refractivity (Wildman–Crippen MR) is 106 cm³/mol. The second kappa shape index (κ2) is 8.78. The van der Waals surface area contributed by atoms with Crippen molar-refractivity contribution in [1.82, 2.24) is 9.80 Å². The lowest BCUT2D eigenvalue weighted by Gasteiger charge is -2.45. The number of rotatable bonds is 5. The largest absolute Gasteiger partial charge is 0.444 e. The van der Waals surface area contributed by atoms with E-state index in [0.29, 0.717) is 31.8 Å². The molecule has 1 aliphatic heterocycles. The molecule has 7 heteroatoms. The lowest BCUT2D eigenvalue weighted by atomic mass is 9.82. The Bertz CT molecular complexity index is 518. The van der Waals surface area contributed by atoms with Crippen LogP contribution in [0.3, 0.4) is 0 Å². The van der Waals surface area contributed by atoms with Gasteiger partial charge in [-0.15, -0.1) is 0 Å². The van der Waals surface area contributed by atoms with Crippen LogP contribution in [0.5, 0.6) is 0 Å². The zero-order chi connectivity index (χ0) is 20.2. The van der Waals surface area contributed by atoms with Crippen LogP contribution in [-0.4, -0.2) is 65.7 Å². The highest BCUT2D eigenvalue weighted by Gasteiger charge is 2.47. The van der Waals surface area contributed by atoms with E-state index < -0.39 is 23.1 Å². The number of piperidine rings is 1. The smallest absolute Gasteiger partial charge is 0.410 e. The summed E-state index contributed by atoms with van der Waals surface area (Å²) in [5.74, 6) is 0.137. The Balaban J connectivity index is 1.95. The molecule has 1 heterocycles. The van der Waals surface area contributed by atoms with Gasteiger partial charge in [-0.05, 0) is 52.4 Å². The molecular formula is C20H38N4O3. The summed E-state index contributed by atoms with van der Waals surface area (Å²) < 4.78 is 5.44. The van der Waals surface area contributed by atoms with Crippen LogP contribution in [0, 0.1) is 5.92 Å². The maximum absolute atomic E-state index is 12.5. The summed E-state index contributed by atoms with van der Waals surface area (Å²) >= 11 is 0. The summed E-state index contributed by atoms with van der Waals surface area (Å²) in [7, 11) is 1.61. The van der Waals surface area contributed by atoms with Gasteiger partial charge in [-0.25, -0.2) is 4.79 Å². The summed E-state index contributed by atoms with van der Waals surface area (Å²) in [6.07, 6.45) is 6.85. The van der Waals surface area contributed by atoms with Crippen molar-refractivity contribution in [3.8, 4) is 0 Å². The Kier molecular flexibility index (Phi) is 7.14. The molecule has 7 nitrogen and oxygen atoms in total. The average molecular weight is 383 g/mol. The maximum Gasteiger partial charge on any atom is 0.410 e. The molecule has 1 aliphatic carbocycles. The van der Waals surface area contributed by atoms with Gasteiger partial charge < -0.3 is 21.1 Å². The number of amides is 2. The van der Waals surface area contributed by atoms with Crippen molar-refractivity contribution < 1.29 is 14.3 Å². The first-order valence-electron chi connectivity index (χ1n) is 10.3. The Morgan fingerprint density at radius 1 is 1.19 bits per heavy atom. The second-order valence-electron chi connectivity index (χ2n) is 9.30. The molecule has 0 spiro atoms. The highest BCUT2D eigenvalue weighted by Crippen LogP contribution is 2.31. The number of carbonyl (C=O) groups is 2. The van der Waals surface area contributed by atoms with Crippen LogP contribution in [0.4, 0.5) is 4.79 Å². The van der Waals surface area contributed by atoms with E-state index in [1.54, 1.807) is 7.05 Å². The molecule has 0 radical (unpaired) electrons. The molecule has 1 saturated heterocycles. The second-order valence-corrected chi connectivity index (χ2v) is 9.30. The van der Waals surface area contributed by atoms with Crippen LogP contribution in [-0.2, 0) is 9.53 Å². The molecule has 0 aromatic carbocycles. The van der Waals surface area contributed by atoms with E-state index in [1.807, 2.05) is 20.8 Å². The molecule has 0 aromatic rings. The first-order chi connectivity index (χ1) is 12.5. The number of hydrogen-bond acceptors (Lipinski definition) is 5. The van der Waals surface area contributed by atoms with Gasteiger partial charge in [-0.3, -0.25) is 9.69 Å². The molecule has 0 bridgehead atoms. The summed E-state index contributed by atoms with van der Waals surface area (Å²) in [6, 6.07) is 0.176.